The van der Waals surface area contributed by atoms with Crippen molar-refractivity contribution in [1.29, 1.82) is 0 Å². The summed E-state index contributed by atoms with van der Waals surface area (Å²) in [6, 6.07) is 15.0. The van der Waals surface area contributed by atoms with E-state index in [-0.39, 0.29) is 6.79 Å². The Labute approximate surface area is 187 Å². The maximum Gasteiger partial charge on any atom is 0.237 e. The third-order valence-electron chi connectivity index (χ3n) is 4.76. The molecule has 2 aromatic heterocycles. The van der Waals surface area contributed by atoms with Crippen molar-refractivity contribution in [3.63, 3.8) is 0 Å². The summed E-state index contributed by atoms with van der Waals surface area (Å²) in [4.78, 5) is 4.46. The van der Waals surface area contributed by atoms with E-state index in [1.54, 1.807) is 26.4 Å². The van der Waals surface area contributed by atoms with Crippen LogP contribution in [-0.2, 0) is 5.75 Å². The van der Waals surface area contributed by atoms with Crippen LogP contribution in [0.25, 0.3) is 22.6 Å². The Bertz CT molecular complexity index is 1250. The maximum absolute atomic E-state index is 5.42. The summed E-state index contributed by atoms with van der Waals surface area (Å²) in [5.41, 5.74) is 2.44. The van der Waals surface area contributed by atoms with E-state index in [1.165, 1.54) is 11.8 Å². The number of thioether (sulfide) groups is 1. The van der Waals surface area contributed by atoms with Gasteiger partial charge in [-0.05, 0) is 48.5 Å². The molecule has 0 unspecified atom stereocenters. The molecule has 0 amide bonds. The van der Waals surface area contributed by atoms with Gasteiger partial charge in [0, 0.05) is 11.1 Å². The van der Waals surface area contributed by atoms with Crippen molar-refractivity contribution in [2.24, 2.45) is 0 Å². The van der Waals surface area contributed by atoms with E-state index in [2.05, 4.69) is 20.3 Å². The van der Waals surface area contributed by atoms with E-state index >= 15 is 0 Å². The Balaban J connectivity index is 1.24. The molecule has 0 atom stereocenters. The predicted molar refractivity (Wildman–Crippen MR) is 116 cm³/mol. The molecule has 9 nitrogen and oxygen atoms in total. The predicted octanol–water partition coefficient (Wildman–Crippen LogP) is 4.23. The number of ether oxygens (including phenoxy) is 4. The van der Waals surface area contributed by atoms with E-state index in [9.17, 15) is 0 Å². The topological polar surface area (TPSA) is 102 Å². The molecular weight excluding hydrogens is 432 g/mol. The first-order chi connectivity index (χ1) is 15.7. The molecule has 3 heterocycles. The van der Waals surface area contributed by atoms with E-state index in [1.807, 2.05) is 36.4 Å². The first-order valence-corrected chi connectivity index (χ1v) is 10.6. The number of aromatic nitrogens is 4. The van der Waals surface area contributed by atoms with Crippen LogP contribution in [0.15, 0.2) is 58.1 Å². The quantitative estimate of drug-likeness (QED) is 0.380. The minimum atomic E-state index is 0.240. The van der Waals surface area contributed by atoms with Gasteiger partial charge in [-0.3, -0.25) is 0 Å². The summed E-state index contributed by atoms with van der Waals surface area (Å²) < 4.78 is 26.7. The van der Waals surface area contributed by atoms with Crippen LogP contribution in [0.2, 0.25) is 0 Å². The molecule has 0 saturated heterocycles. The lowest BCUT2D eigenvalue weighted by molar-refractivity contribution is 0.174. The second kappa shape index (κ2) is 8.75. The Kier molecular flexibility index (Phi) is 5.51. The maximum atomic E-state index is 5.42. The Morgan fingerprint density at radius 2 is 1.72 bits per heavy atom. The number of hydrogen-bond donors (Lipinski definition) is 0. The van der Waals surface area contributed by atoms with Crippen molar-refractivity contribution >= 4 is 11.8 Å². The number of methoxy groups -OCH3 is 2. The van der Waals surface area contributed by atoms with Crippen LogP contribution in [0.5, 0.6) is 23.0 Å². The molecule has 1 aliphatic rings. The average molecular weight is 450 g/mol. The monoisotopic (exact) mass is 450 g/mol. The fourth-order valence-electron chi connectivity index (χ4n) is 3.15. The summed E-state index contributed by atoms with van der Waals surface area (Å²) in [6.45, 7) is 0.240. The summed E-state index contributed by atoms with van der Waals surface area (Å²) in [5.74, 6) is 4.12. The summed E-state index contributed by atoms with van der Waals surface area (Å²) in [6.07, 6.45) is 0. The van der Waals surface area contributed by atoms with Gasteiger partial charge in [-0.1, -0.05) is 16.9 Å². The van der Waals surface area contributed by atoms with Gasteiger partial charge in [-0.25, -0.2) is 0 Å². The number of hydrogen-bond acceptors (Lipinski definition) is 10. The zero-order chi connectivity index (χ0) is 21.9. The number of benzene rings is 2. The van der Waals surface area contributed by atoms with Crippen LogP contribution in [0.4, 0.5) is 0 Å². The van der Waals surface area contributed by atoms with Crippen molar-refractivity contribution in [3.05, 3.63) is 54.4 Å². The van der Waals surface area contributed by atoms with Gasteiger partial charge in [0.1, 0.15) is 5.03 Å². The highest BCUT2D eigenvalue weighted by Crippen LogP contribution is 2.35. The van der Waals surface area contributed by atoms with Crippen molar-refractivity contribution in [2.45, 2.75) is 10.8 Å². The molecule has 2 aromatic carbocycles. The fourth-order valence-corrected chi connectivity index (χ4v) is 3.80. The van der Waals surface area contributed by atoms with Crippen molar-refractivity contribution in [3.8, 4) is 45.6 Å². The molecule has 0 radical (unpaired) electrons. The lowest BCUT2D eigenvalue weighted by atomic mass is 10.1. The largest absolute Gasteiger partial charge is 0.493 e. The van der Waals surface area contributed by atoms with Gasteiger partial charge in [0.05, 0.1) is 25.7 Å². The van der Waals surface area contributed by atoms with Crippen molar-refractivity contribution in [1.82, 2.24) is 20.3 Å². The minimum absolute atomic E-state index is 0.240. The molecule has 0 spiro atoms. The van der Waals surface area contributed by atoms with E-state index in [4.69, 9.17) is 23.5 Å². The van der Waals surface area contributed by atoms with Crippen LogP contribution in [0.3, 0.4) is 0 Å². The molecule has 0 aliphatic carbocycles. The first-order valence-electron chi connectivity index (χ1n) is 9.65. The van der Waals surface area contributed by atoms with E-state index in [0.717, 1.165) is 27.6 Å². The summed E-state index contributed by atoms with van der Waals surface area (Å²) >= 11 is 1.46. The molecule has 0 saturated carbocycles. The van der Waals surface area contributed by atoms with Crippen molar-refractivity contribution < 1.29 is 23.5 Å². The normalized spacial score (nSPS) is 12.1. The van der Waals surface area contributed by atoms with E-state index in [0.29, 0.717) is 34.7 Å². The Hall–Kier alpha value is -3.79. The van der Waals surface area contributed by atoms with Gasteiger partial charge >= 0.3 is 0 Å². The average Bonchev–Trinajstić information content (AvgIpc) is 3.52. The Morgan fingerprint density at radius 1 is 0.875 bits per heavy atom. The molecule has 0 N–H and O–H groups in total. The molecule has 10 heteroatoms. The van der Waals surface area contributed by atoms with E-state index < -0.39 is 0 Å². The lowest BCUT2D eigenvalue weighted by Crippen LogP contribution is -1.93. The van der Waals surface area contributed by atoms with Crippen LogP contribution in [0.1, 0.15) is 5.89 Å². The molecule has 0 bridgehead atoms. The SMILES string of the molecule is COc1ccc(-c2noc(CSc3ccc(-c4ccc5c(c4)OCO5)nn3)n2)cc1OC. The second-order valence-corrected chi connectivity index (χ2v) is 7.69. The summed E-state index contributed by atoms with van der Waals surface area (Å²) in [5, 5.41) is 13.4. The highest BCUT2D eigenvalue weighted by Gasteiger charge is 2.15. The lowest BCUT2D eigenvalue weighted by Gasteiger charge is -2.07. The van der Waals surface area contributed by atoms with Gasteiger partial charge in [-0.15, -0.1) is 10.2 Å². The number of nitrogens with zero attached hydrogens (tertiary/aromatic N) is 4. The molecule has 5 rings (SSSR count). The van der Waals surface area contributed by atoms with Crippen LogP contribution >= 0.6 is 11.8 Å². The molecule has 162 valence electrons. The van der Waals surface area contributed by atoms with Crippen LogP contribution in [-0.4, -0.2) is 41.4 Å². The molecule has 1 aliphatic heterocycles. The van der Waals surface area contributed by atoms with Crippen LogP contribution < -0.4 is 18.9 Å². The Morgan fingerprint density at radius 3 is 2.53 bits per heavy atom. The number of rotatable bonds is 7. The molecule has 0 fully saturated rings. The van der Waals surface area contributed by atoms with Gasteiger partial charge < -0.3 is 23.5 Å². The highest BCUT2D eigenvalue weighted by atomic mass is 32.2. The molecule has 4 aromatic rings. The molecular formula is C22H18N4O5S. The zero-order valence-corrected chi connectivity index (χ0v) is 18.1. The fraction of sp³-hybridized carbons (Fsp3) is 0.182. The zero-order valence-electron chi connectivity index (χ0n) is 17.3. The second-order valence-electron chi connectivity index (χ2n) is 6.70. The first kappa shape index (κ1) is 20.1. The van der Waals surface area contributed by atoms with Crippen LogP contribution in [0, 0.1) is 0 Å². The van der Waals surface area contributed by atoms with Crippen molar-refractivity contribution in [2.75, 3.05) is 21.0 Å². The van der Waals surface area contributed by atoms with Gasteiger partial charge in [0.2, 0.25) is 18.5 Å². The van der Waals surface area contributed by atoms with Gasteiger partial charge in [-0.2, -0.15) is 4.98 Å². The van der Waals surface area contributed by atoms with Gasteiger partial charge in [0.15, 0.2) is 23.0 Å². The highest BCUT2D eigenvalue weighted by molar-refractivity contribution is 7.98. The third kappa shape index (κ3) is 4.04. The molecule has 32 heavy (non-hydrogen) atoms. The number of fused-ring (bicyclic) bond motifs is 1. The minimum Gasteiger partial charge on any atom is -0.493 e. The third-order valence-corrected chi connectivity index (χ3v) is 5.67. The standard InChI is InChI=1S/C22H18N4O5S/c1-27-16-6-4-14(10-18(16)28-2)22-23-20(31-26-22)11-32-21-8-5-15(24-25-21)13-3-7-17-19(9-13)30-12-29-17/h3-10H,11-12H2,1-2H3. The smallest absolute Gasteiger partial charge is 0.237 e. The van der Waals surface area contributed by atoms with Gasteiger partial charge in [0.25, 0.3) is 0 Å². The summed E-state index contributed by atoms with van der Waals surface area (Å²) in [7, 11) is 3.17.